The van der Waals surface area contributed by atoms with Crippen molar-refractivity contribution in [1.29, 1.82) is 0 Å². The fourth-order valence-corrected chi connectivity index (χ4v) is 3.69. The molecule has 0 atom stereocenters. The van der Waals surface area contributed by atoms with Crippen molar-refractivity contribution < 1.29 is 4.79 Å². The summed E-state index contributed by atoms with van der Waals surface area (Å²) in [6, 6.07) is 15.9. The highest BCUT2D eigenvalue weighted by Crippen LogP contribution is 2.26. The Kier molecular flexibility index (Phi) is 5.01. The molecule has 1 aliphatic carbocycles. The molecule has 0 spiro atoms. The Labute approximate surface area is 159 Å². The Morgan fingerprint density at radius 3 is 2.67 bits per heavy atom. The molecular formula is C22H24N4O. The van der Waals surface area contributed by atoms with Crippen LogP contribution in [-0.4, -0.2) is 20.7 Å². The van der Waals surface area contributed by atoms with Gasteiger partial charge < -0.3 is 5.32 Å². The number of hydrogen-bond acceptors (Lipinski definition) is 3. The molecule has 5 nitrogen and oxygen atoms in total. The lowest BCUT2D eigenvalue weighted by atomic mass is 10.1. The van der Waals surface area contributed by atoms with E-state index < -0.39 is 0 Å². The monoisotopic (exact) mass is 360 g/mol. The van der Waals surface area contributed by atoms with Crippen LogP contribution in [0, 0.1) is 6.92 Å². The van der Waals surface area contributed by atoms with E-state index in [0.29, 0.717) is 12.2 Å². The van der Waals surface area contributed by atoms with Crippen molar-refractivity contribution in [3.05, 3.63) is 76.9 Å². The van der Waals surface area contributed by atoms with Crippen LogP contribution in [-0.2, 0) is 19.4 Å². The number of nitrogens with zero attached hydrogens (tertiary/aromatic N) is 3. The van der Waals surface area contributed by atoms with Gasteiger partial charge in [0, 0.05) is 17.0 Å². The highest BCUT2D eigenvalue weighted by Gasteiger charge is 2.24. The molecule has 0 saturated carbocycles. The second kappa shape index (κ2) is 7.74. The number of fused-ring (bicyclic) bond motifs is 1. The van der Waals surface area contributed by atoms with Gasteiger partial charge in [-0.25, -0.2) is 4.68 Å². The maximum Gasteiger partial charge on any atom is 0.272 e. The van der Waals surface area contributed by atoms with Gasteiger partial charge in [-0.1, -0.05) is 30.7 Å². The van der Waals surface area contributed by atoms with Crippen molar-refractivity contribution >= 4 is 5.91 Å². The molecule has 4 rings (SSSR count). The molecule has 0 radical (unpaired) electrons. The van der Waals surface area contributed by atoms with Gasteiger partial charge in [0.25, 0.3) is 5.91 Å². The molecule has 3 aromatic rings. The Morgan fingerprint density at radius 2 is 1.85 bits per heavy atom. The summed E-state index contributed by atoms with van der Waals surface area (Å²) < 4.78 is 1.96. The van der Waals surface area contributed by atoms with Crippen LogP contribution in [0.25, 0.3) is 5.69 Å². The van der Waals surface area contributed by atoms with Crippen molar-refractivity contribution in [3.63, 3.8) is 0 Å². The van der Waals surface area contributed by atoms with Gasteiger partial charge in [0.05, 0.1) is 17.9 Å². The van der Waals surface area contributed by atoms with Gasteiger partial charge in [-0.3, -0.25) is 9.78 Å². The molecule has 2 heterocycles. The summed E-state index contributed by atoms with van der Waals surface area (Å²) in [5.74, 6) is -0.119. The van der Waals surface area contributed by atoms with Crippen LogP contribution in [0.5, 0.6) is 0 Å². The van der Waals surface area contributed by atoms with Crippen LogP contribution in [0.3, 0.4) is 0 Å². The van der Waals surface area contributed by atoms with Gasteiger partial charge >= 0.3 is 0 Å². The van der Waals surface area contributed by atoms with E-state index in [1.165, 1.54) is 12.1 Å². The molecule has 1 aromatic carbocycles. The predicted octanol–water partition coefficient (Wildman–Crippen LogP) is 3.77. The van der Waals surface area contributed by atoms with Gasteiger partial charge in [-0.05, 0) is 56.9 Å². The van der Waals surface area contributed by atoms with Crippen LogP contribution in [0.1, 0.15) is 52.4 Å². The minimum absolute atomic E-state index is 0.119. The normalized spacial score (nSPS) is 13.7. The summed E-state index contributed by atoms with van der Waals surface area (Å²) in [5, 5.41) is 7.72. The first kappa shape index (κ1) is 17.5. The van der Waals surface area contributed by atoms with Gasteiger partial charge in [0.1, 0.15) is 0 Å². The first-order valence-corrected chi connectivity index (χ1v) is 9.59. The number of aromatic nitrogens is 3. The number of para-hydroxylation sites is 1. The van der Waals surface area contributed by atoms with Crippen molar-refractivity contribution in [1.82, 2.24) is 20.1 Å². The van der Waals surface area contributed by atoms with E-state index in [0.717, 1.165) is 48.3 Å². The lowest BCUT2D eigenvalue weighted by Crippen LogP contribution is -2.25. The Morgan fingerprint density at radius 1 is 1.04 bits per heavy atom. The van der Waals surface area contributed by atoms with Crippen molar-refractivity contribution in [2.75, 3.05) is 0 Å². The molecule has 0 saturated heterocycles. The maximum absolute atomic E-state index is 12.9. The van der Waals surface area contributed by atoms with E-state index in [1.807, 2.05) is 60.1 Å². The van der Waals surface area contributed by atoms with Crippen molar-refractivity contribution in [2.24, 2.45) is 0 Å². The molecule has 1 aliphatic rings. The second-order valence-corrected chi connectivity index (χ2v) is 7.03. The van der Waals surface area contributed by atoms with Gasteiger partial charge in [-0.2, -0.15) is 5.10 Å². The predicted molar refractivity (Wildman–Crippen MR) is 105 cm³/mol. The summed E-state index contributed by atoms with van der Waals surface area (Å²) in [5.41, 5.74) is 5.66. The molecule has 1 N–H and O–H groups in total. The molecule has 5 heteroatoms. The summed E-state index contributed by atoms with van der Waals surface area (Å²) in [6.07, 6.45) is 5.31. The van der Waals surface area contributed by atoms with E-state index in [-0.39, 0.29) is 5.91 Å². The number of benzene rings is 1. The van der Waals surface area contributed by atoms with Crippen molar-refractivity contribution in [3.8, 4) is 5.69 Å². The quantitative estimate of drug-likeness (QED) is 0.721. The number of carbonyl (C=O) groups is 1. The molecule has 0 fully saturated rings. The lowest BCUT2D eigenvalue weighted by Gasteiger charge is -2.06. The van der Waals surface area contributed by atoms with E-state index in [2.05, 4.69) is 10.3 Å². The fourth-order valence-electron chi connectivity index (χ4n) is 3.69. The first-order valence-electron chi connectivity index (χ1n) is 9.59. The second-order valence-electron chi connectivity index (χ2n) is 7.03. The van der Waals surface area contributed by atoms with Gasteiger partial charge in [0.2, 0.25) is 0 Å². The van der Waals surface area contributed by atoms with Crippen LogP contribution in [0.2, 0.25) is 0 Å². The number of nitrogens with one attached hydrogen (secondary N) is 1. The largest absolute Gasteiger partial charge is 0.345 e. The summed E-state index contributed by atoms with van der Waals surface area (Å²) in [7, 11) is 0. The molecule has 2 aromatic heterocycles. The van der Waals surface area contributed by atoms with E-state index >= 15 is 0 Å². The molecule has 138 valence electrons. The highest BCUT2D eigenvalue weighted by molar-refractivity contribution is 5.94. The Bertz CT molecular complexity index is 946. The number of pyridine rings is 1. The molecular weight excluding hydrogens is 336 g/mol. The molecule has 0 unspecified atom stereocenters. The number of hydrogen-bond donors (Lipinski definition) is 1. The van der Waals surface area contributed by atoms with Gasteiger partial charge in [0.15, 0.2) is 5.69 Å². The summed E-state index contributed by atoms with van der Waals surface area (Å²) in [4.78, 5) is 17.4. The fraction of sp³-hybridized carbons (Fsp3) is 0.318. The number of aryl methyl sites for hydroxylation is 1. The lowest BCUT2D eigenvalue weighted by molar-refractivity contribution is 0.0944. The average Bonchev–Trinajstić information content (AvgIpc) is 2.88. The third-order valence-electron chi connectivity index (χ3n) is 5.02. The first-order chi connectivity index (χ1) is 13.2. The standard InChI is InChI=1S/C22H24N4O/c1-16-9-8-10-17(24-16)15-23-22(27)21-19-13-6-3-7-14-20(19)26(25-21)18-11-4-2-5-12-18/h2,4-5,8-12H,3,6-7,13-15H2,1H3,(H,23,27). The average molecular weight is 360 g/mol. The molecule has 1 amide bonds. The highest BCUT2D eigenvalue weighted by atomic mass is 16.1. The smallest absolute Gasteiger partial charge is 0.272 e. The SMILES string of the molecule is Cc1cccc(CNC(=O)c2nn(-c3ccccc3)c3c2CCCCC3)n1. The Hall–Kier alpha value is -2.95. The summed E-state index contributed by atoms with van der Waals surface area (Å²) in [6.45, 7) is 2.36. The minimum Gasteiger partial charge on any atom is -0.345 e. The summed E-state index contributed by atoms with van der Waals surface area (Å²) >= 11 is 0. The van der Waals surface area contributed by atoms with E-state index in [4.69, 9.17) is 5.10 Å². The van der Waals surface area contributed by atoms with E-state index in [1.54, 1.807) is 0 Å². The van der Waals surface area contributed by atoms with Crippen molar-refractivity contribution in [2.45, 2.75) is 45.6 Å². The minimum atomic E-state index is -0.119. The zero-order valence-electron chi connectivity index (χ0n) is 15.6. The molecule has 0 aliphatic heterocycles. The Balaban J connectivity index is 1.63. The van der Waals surface area contributed by atoms with Gasteiger partial charge in [-0.15, -0.1) is 0 Å². The number of rotatable bonds is 4. The third kappa shape index (κ3) is 3.77. The van der Waals surface area contributed by atoms with Crippen LogP contribution in [0.4, 0.5) is 0 Å². The third-order valence-corrected chi connectivity index (χ3v) is 5.02. The number of amides is 1. The van der Waals surface area contributed by atoms with Crippen LogP contribution >= 0.6 is 0 Å². The zero-order valence-corrected chi connectivity index (χ0v) is 15.6. The molecule has 27 heavy (non-hydrogen) atoms. The zero-order chi connectivity index (χ0) is 18.6. The van der Waals surface area contributed by atoms with E-state index in [9.17, 15) is 4.79 Å². The molecule has 0 bridgehead atoms. The number of carbonyl (C=O) groups excluding carboxylic acids is 1. The maximum atomic E-state index is 12.9. The van der Waals surface area contributed by atoms with Crippen LogP contribution < -0.4 is 5.32 Å². The van der Waals surface area contributed by atoms with Crippen LogP contribution in [0.15, 0.2) is 48.5 Å². The topological polar surface area (TPSA) is 59.8 Å².